The number of unbranched alkanes of at least 4 members (excludes halogenated alkanes) is 1. The molecule has 0 bridgehead atoms. The third-order valence-corrected chi connectivity index (χ3v) is 9.29. The van der Waals surface area contributed by atoms with Gasteiger partial charge in [0.1, 0.15) is 11.3 Å². The highest BCUT2D eigenvalue weighted by Gasteiger charge is 2.26. The fraction of sp³-hybridized carbons (Fsp3) is 0.440. The van der Waals surface area contributed by atoms with Gasteiger partial charge in [0, 0.05) is 31.7 Å². The molecule has 1 aromatic heterocycles. The first-order chi connectivity index (χ1) is 17.1. The van der Waals surface area contributed by atoms with Crippen LogP contribution in [0.25, 0.3) is 10.2 Å². The van der Waals surface area contributed by atoms with E-state index in [1.807, 2.05) is 32.8 Å². The van der Waals surface area contributed by atoms with Gasteiger partial charge in [0.25, 0.3) is 5.91 Å². The van der Waals surface area contributed by atoms with E-state index in [0.29, 0.717) is 53.2 Å². The van der Waals surface area contributed by atoms with Crippen LogP contribution in [0.5, 0.6) is 5.75 Å². The molecule has 0 saturated carbocycles. The Labute approximate surface area is 222 Å². The Morgan fingerprint density at radius 1 is 1.06 bits per heavy atom. The number of anilines is 1. The van der Waals surface area contributed by atoms with E-state index in [0.717, 1.165) is 17.5 Å². The fourth-order valence-electron chi connectivity index (χ4n) is 3.66. The number of benzene rings is 2. The highest BCUT2D eigenvalue weighted by atomic mass is 35.5. The number of halogens is 1. The molecule has 0 spiro atoms. The molecule has 0 atom stereocenters. The van der Waals surface area contributed by atoms with Crippen LogP contribution in [0.4, 0.5) is 5.13 Å². The normalized spacial score (nSPS) is 12.0. The molecule has 36 heavy (non-hydrogen) atoms. The molecule has 0 N–H and O–H groups in total. The Bertz CT molecular complexity index is 1290. The third-order valence-electron chi connectivity index (χ3n) is 5.77. The van der Waals surface area contributed by atoms with Gasteiger partial charge in [-0.2, -0.15) is 4.31 Å². The summed E-state index contributed by atoms with van der Waals surface area (Å²) in [5.41, 5.74) is 0.975. The van der Waals surface area contributed by atoms with Crippen molar-refractivity contribution in [2.75, 3.05) is 52.3 Å². The number of sulfonamides is 1. The number of thiazole rings is 1. The Morgan fingerprint density at radius 2 is 1.75 bits per heavy atom. The van der Waals surface area contributed by atoms with E-state index in [-0.39, 0.29) is 10.8 Å². The molecule has 2 aromatic carbocycles. The summed E-state index contributed by atoms with van der Waals surface area (Å²) in [6.07, 6.45) is 1.70. The number of carbonyl (C=O) groups is 1. The zero-order chi connectivity index (χ0) is 26.5. The quantitative estimate of drug-likeness (QED) is 0.315. The van der Waals surface area contributed by atoms with Gasteiger partial charge in [-0.15, -0.1) is 0 Å². The van der Waals surface area contributed by atoms with E-state index in [4.69, 9.17) is 16.3 Å². The molecule has 0 aliphatic heterocycles. The smallest absolute Gasteiger partial charge is 0.260 e. The number of hydrogen-bond donors (Lipinski definition) is 0. The summed E-state index contributed by atoms with van der Waals surface area (Å²) >= 11 is 7.72. The molecule has 0 aliphatic rings. The summed E-state index contributed by atoms with van der Waals surface area (Å²) in [7, 11) is 1.80. The van der Waals surface area contributed by atoms with E-state index < -0.39 is 10.0 Å². The van der Waals surface area contributed by atoms with Gasteiger partial charge in [0.15, 0.2) is 5.13 Å². The first-order valence-electron chi connectivity index (χ1n) is 11.8. The van der Waals surface area contributed by atoms with Crippen LogP contribution >= 0.6 is 22.9 Å². The van der Waals surface area contributed by atoms with Crippen molar-refractivity contribution < 1.29 is 17.9 Å². The molecule has 11 heteroatoms. The monoisotopic (exact) mass is 552 g/mol. The number of methoxy groups -OCH3 is 1. The van der Waals surface area contributed by atoms with Crippen molar-refractivity contribution >= 4 is 54.2 Å². The van der Waals surface area contributed by atoms with Gasteiger partial charge in [-0.1, -0.05) is 43.2 Å². The Morgan fingerprint density at radius 3 is 2.33 bits per heavy atom. The summed E-state index contributed by atoms with van der Waals surface area (Å²) in [5, 5.41) is 1.03. The van der Waals surface area contributed by atoms with Crippen molar-refractivity contribution in [3.63, 3.8) is 0 Å². The predicted molar refractivity (Wildman–Crippen MR) is 147 cm³/mol. The lowest BCUT2D eigenvalue weighted by molar-refractivity contribution is 0.0985. The number of amides is 1. The zero-order valence-corrected chi connectivity index (χ0v) is 23.7. The lowest BCUT2D eigenvalue weighted by Gasteiger charge is -2.23. The van der Waals surface area contributed by atoms with Crippen LogP contribution in [-0.2, 0) is 10.0 Å². The molecule has 1 heterocycles. The molecular formula is C25H33ClN4O4S2. The van der Waals surface area contributed by atoms with Crippen molar-refractivity contribution in [2.45, 2.75) is 31.6 Å². The van der Waals surface area contributed by atoms with Crippen LogP contribution in [0.15, 0.2) is 41.3 Å². The number of rotatable bonds is 12. The molecule has 0 fully saturated rings. The lowest BCUT2D eigenvalue weighted by Crippen LogP contribution is -2.36. The van der Waals surface area contributed by atoms with Crippen molar-refractivity contribution in [3.05, 3.63) is 47.0 Å². The molecule has 1 amide bonds. The number of ether oxygens (including phenoxy) is 1. The van der Waals surface area contributed by atoms with Crippen LogP contribution < -0.4 is 9.64 Å². The maximum Gasteiger partial charge on any atom is 0.260 e. The molecule has 0 unspecified atom stereocenters. The molecule has 8 nitrogen and oxygen atoms in total. The van der Waals surface area contributed by atoms with Crippen LogP contribution in [0.3, 0.4) is 0 Å². The average Bonchev–Trinajstić information content (AvgIpc) is 3.30. The van der Waals surface area contributed by atoms with Crippen LogP contribution in [0, 0.1) is 0 Å². The summed E-state index contributed by atoms with van der Waals surface area (Å²) in [6.45, 7) is 5.72. The first-order valence-corrected chi connectivity index (χ1v) is 14.5. The second-order valence-electron chi connectivity index (χ2n) is 8.56. The summed E-state index contributed by atoms with van der Waals surface area (Å²) in [6, 6.07) is 9.62. The number of fused-ring (bicyclic) bond motifs is 1. The molecule has 0 saturated heterocycles. The van der Waals surface area contributed by atoms with Gasteiger partial charge >= 0.3 is 0 Å². The van der Waals surface area contributed by atoms with E-state index >= 15 is 0 Å². The number of hydrogen-bond acceptors (Lipinski definition) is 7. The first kappa shape index (κ1) is 28.3. The minimum absolute atomic E-state index is 0.174. The maximum atomic E-state index is 13.6. The van der Waals surface area contributed by atoms with Crippen LogP contribution in [0.1, 0.15) is 37.0 Å². The standard InChI is InChI=1S/C25H33ClN4O4S2/c1-6-8-15-29(7-2)36(32,33)19-11-9-18(10-12-19)24(31)30(17-16-28(3)4)25-27-22-21(34-5)14-13-20(26)23(22)35-25/h9-14H,6-8,15-17H2,1-5H3. The molecule has 3 rings (SSSR count). The Kier molecular flexibility index (Phi) is 9.71. The van der Waals surface area contributed by atoms with Gasteiger partial charge < -0.3 is 9.64 Å². The number of likely N-dealkylation sites (N-methyl/N-ethyl adjacent to an activating group) is 1. The van der Waals surface area contributed by atoms with E-state index in [1.54, 1.807) is 36.3 Å². The van der Waals surface area contributed by atoms with Gasteiger partial charge in [0.2, 0.25) is 10.0 Å². The number of aromatic nitrogens is 1. The Hall–Kier alpha value is -2.24. The largest absolute Gasteiger partial charge is 0.494 e. The molecule has 0 aliphatic carbocycles. The summed E-state index contributed by atoms with van der Waals surface area (Å²) in [5.74, 6) is 0.309. The maximum absolute atomic E-state index is 13.6. The fourth-order valence-corrected chi connectivity index (χ4v) is 6.43. The molecule has 0 radical (unpaired) electrons. The van der Waals surface area contributed by atoms with Gasteiger partial charge in [-0.25, -0.2) is 13.4 Å². The van der Waals surface area contributed by atoms with Gasteiger partial charge in [-0.05, 0) is 56.9 Å². The molecule has 3 aromatic rings. The minimum Gasteiger partial charge on any atom is -0.494 e. The van der Waals surface area contributed by atoms with Crippen molar-refractivity contribution in [1.82, 2.24) is 14.2 Å². The second kappa shape index (κ2) is 12.3. The van der Waals surface area contributed by atoms with E-state index in [1.165, 1.54) is 27.8 Å². The van der Waals surface area contributed by atoms with Crippen molar-refractivity contribution in [3.8, 4) is 5.75 Å². The molecule has 196 valence electrons. The third kappa shape index (κ3) is 6.18. The van der Waals surface area contributed by atoms with Gasteiger partial charge in [0.05, 0.1) is 21.7 Å². The average molecular weight is 553 g/mol. The van der Waals surface area contributed by atoms with Crippen molar-refractivity contribution in [1.29, 1.82) is 0 Å². The van der Waals surface area contributed by atoms with Crippen molar-refractivity contribution in [2.24, 2.45) is 0 Å². The highest BCUT2D eigenvalue weighted by molar-refractivity contribution is 7.89. The molecular weight excluding hydrogens is 520 g/mol. The lowest BCUT2D eigenvalue weighted by atomic mass is 10.2. The second-order valence-corrected chi connectivity index (χ2v) is 11.9. The highest BCUT2D eigenvalue weighted by Crippen LogP contribution is 2.39. The van der Waals surface area contributed by atoms with E-state index in [9.17, 15) is 13.2 Å². The SMILES string of the molecule is CCCCN(CC)S(=O)(=O)c1ccc(C(=O)N(CCN(C)C)c2nc3c(OC)ccc(Cl)c3s2)cc1. The number of carbonyl (C=O) groups excluding carboxylic acids is 1. The van der Waals surface area contributed by atoms with E-state index in [2.05, 4.69) is 4.98 Å². The Balaban J connectivity index is 1.95. The van der Waals surface area contributed by atoms with Gasteiger partial charge in [-0.3, -0.25) is 9.69 Å². The topological polar surface area (TPSA) is 83.1 Å². The predicted octanol–water partition coefficient (Wildman–Crippen LogP) is 4.98. The van der Waals surface area contributed by atoms with Crippen LogP contribution in [0.2, 0.25) is 5.02 Å². The minimum atomic E-state index is -3.63. The summed E-state index contributed by atoms with van der Waals surface area (Å²) in [4.78, 5) is 22.1. The summed E-state index contributed by atoms with van der Waals surface area (Å²) < 4.78 is 33.8. The number of nitrogens with zero attached hydrogens (tertiary/aromatic N) is 4. The zero-order valence-electron chi connectivity index (χ0n) is 21.3. The van der Waals surface area contributed by atoms with Crippen LogP contribution in [-0.4, -0.2) is 75.9 Å².